The molecule has 2 atom stereocenters. The number of hydrogen-bond acceptors (Lipinski definition) is 5. The lowest BCUT2D eigenvalue weighted by molar-refractivity contribution is -0.120. The molecular formula is C12H22N2O3. The molecular weight excluding hydrogens is 220 g/mol. The van der Waals surface area contributed by atoms with E-state index in [1.54, 1.807) is 0 Å². The first-order valence-electron chi connectivity index (χ1n) is 6.33. The van der Waals surface area contributed by atoms with Gasteiger partial charge in [-0.2, -0.15) is 9.81 Å². The maximum Gasteiger partial charge on any atom is 0.160 e. The largest absolute Gasteiger partial charge is 0.297 e. The highest BCUT2D eigenvalue weighted by Gasteiger charge is 2.11. The van der Waals surface area contributed by atoms with Crippen LogP contribution in [0.2, 0.25) is 0 Å². The van der Waals surface area contributed by atoms with E-state index in [9.17, 15) is 14.6 Å². The number of carbonyl (C=O) groups is 1. The van der Waals surface area contributed by atoms with Crippen molar-refractivity contribution in [1.82, 2.24) is 0 Å². The minimum absolute atomic E-state index is 0.0593. The standard InChI is InChI=1S/C12H22N2O3/c1-3-11(14-17)8-6-4-5-7-9-12(15)10(2)13-16/h10-11H,3-9H2,1-2H3. The molecule has 98 valence electrons. The molecule has 0 saturated carbocycles. The van der Waals surface area contributed by atoms with Gasteiger partial charge >= 0.3 is 0 Å². The van der Waals surface area contributed by atoms with Crippen LogP contribution in [0, 0.1) is 9.81 Å². The lowest BCUT2D eigenvalue weighted by Crippen LogP contribution is -2.13. The van der Waals surface area contributed by atoms with Gasteiger partial charge in [0.15, 0.2) is 5.78 Å². The fourth-order valence-corrected chi connectivity index (χ4v) is 1.63. The third kappa shape index (κ3) is 7.71. The van der Waals surface area contributed by atoms with E-state index in [2.05, 4.69) is 10.4 Å². The Hall–Kier alpha value is -1.13. The zero-order chi connectivity index (χ0) is 13.1. The second kappa shape index (κ2) is 10.1. The summed E-state index contributed by atoms with van der Waals surface area (Å²) in [6, 6.07) is -0.769. The predicted octanol–water partition coefficient (Wildman–Crippen LogP) is 3.60. The van der Waals surface area contributed by atoms with Crippen LogP contribution < -0.4 is 0 Å². The van der Waals surface area contributed by atoms with Crippen molar-refractivity contribution in [2.45, 2.75) is 70.9 Å². The number of Topliss-reactive ketones (excluding diaryl/α,β-unsaturated/α-hetero) is 1. The molecule has 0 radical (unpaired) electrons. The summed E-state index contributed by atoms with van der Waals surface area (Å²) in [6.45, 7) is 3.48. The molecule has 0 aromatic heterocycles. The minimum atomic E-state index is -0.710. The molecule has 5 nitrogen and oxygen atoms in total. The Morgan fingerprint density at radius 2 is 1.71 bits per heavy atom. The molecule has 0 N–H and O–H groups in total. The Labute approximate surface area is 102 Å². The summed E-state index contributed by atoms with van der Waals surface area (Å²) >= 11 is 0. The minimum Gasteiger partial charge on any atom is -0.297 e. The van der Waals surface area contributed by atoms with Gasteiger partial charge in [-0.1, -0.05) is 36.5 Å². The molecule has 0 aliphatic rings. The first-order valence-corrected chi connectivity index (χ1v) is 6.33. The quantitative estimate of drug-likeness (QED) is 0.410. The summed E-state index contributed by atoms with van der Waals surface area (Å²) in [5.41, 5.74) is 0. The third-order valence-corrected chi connectivity index (χ3v) is 2.95. The van der Waals surface area contributed by atoms with Gasteiger partial charge in [0.05, 0.1) is 6.04 Å². The maximum atomic E-state index is 11.3. The second-order valence-electron chi connectivity index (χ2n) is 4.37. The third-order valence-electron chi connectivity index (χ3n) is 2.95. The number of rotatable bonds is 11. The van der Waals surface area contributed by atoms with Gasteiger partial charge in [-0.3, -0.25) is 4.79 Å². The van der Waals surface area contributed by atoms with E-state index >= 15 is 0 Å². The molecule has 0 aliphatic heterocycles. The van der Waals surface area contributed by atoms with E-state index in [0.29, 0.717) is 6.42 Å². The zero-order valence-corrected chi connectivity index (χ0v) is 10.7. The fraction of sp³-hybridized carbons (Fsp3) is 0.917. The van der Waals surface area contributed by atoms with Gasteiger partial charge in [-0.15, -0.1) is 0 Å². The van der Waals surface area contributed by atoms with E-state index in [4.69, 9.17) is 0 Å². The molecule has 0 heterocycles. The van der Waals surface area contributed by atoms with E-state index in [0.717, 1.165) is 38.5 Å². The molecule has 0 bridgehead atoms. The van der Waals surface area contributed by atoms with E-state index in [1.807, 2.05) is 6.92 Å². The van der Waals surface area contributed by atoms with Crippen LogP contribution in [0.25, 0.3) is 0 Å². The van der Waals surface area contributed by atoms with E-state index < -0.39 is 6.04 Å². The average molecular weight is 242 g/mol. The van der Waals surface area contributed by atoms with Gasteiger partial charge in [0, 0.05) is 6.42 Å². The van der Waals surface area contributed by atoms with Crippen LogP contribution in [0.4, 0.5) is 0 Å². The summed E-state index contributed by atoms with van der Waals surface area (Å²) < 4.78 is 0. The monoisotopic (exact) mass is 242 g/mol. The Kier molecular flexibility index (Phi) is 9.38. The molecule has 0 aromatic carbocycles. The normalized spacial score (nSPS) is 14.0. The van der Waals surface area contributed by atoms with Crippen molar-refractivity contribution in [3.63, 3.8) is 0 Å². The summed E-state index contributed by atoms with van der Waals surface area (Å²) in [5.74, 6) is -0.0824. The second-order valence-corrected chi connectivity index (χ2v) is 4.37. The van der Waals surface area contributed by atoms with Crippen molar-refractivity contribution in [2.24, 2.45) is 10.4 Å². The Bertz CT molecular complexity index is 244. The summed E-state index contributed by atoms with van der Waals surface area (Å²) in [6.07, 6.45) is 5.78. The lowest BCUT2D eigenvalue weighted by Gasteiger charge is -2.05. The van der Waals surface area contributed by atoms with Crippen LogP contribution in [0.5, 0.6) is 0 Å². The lowest BCUT2D eigenvalue weighted by atomic mass is 10.0. The highest BCUT2D eigenvalue weighted by atomic mass is 16.3. The van der Waals surface area contributed by atoms with Crippen molar-refractivity contribution >= 4 is 5.78 Å². The van der Waals surface area contributed by atoms with E-state index in [-0.39, 0.29) is 11.8 Å². The first kappa shape index (κ1) is 15.9. The topological polar surface area (TPSA) is 75.9 Å². The van der Waals surface area contributed by atoms with Gasteiger partial charge in [0.2, 0.25) is 0 Å². The highest BCUT2D eigenvalue weighted by Crippen LogP contribution is 2.12. The summed E-state index contributed by atoms with van der Waals surface area (Å²) in [7, 11) is 0. The Morgan fingerprint density at radius 1 is 1.06 bits per heavy atom. The van der Waals surface area contributed by atoms with Crippen molar-refractivity contribution in [3.05, 3.63) is 9.81 Å². The molecule has 0 spiro atoms. The molecule has 0 rings (SSSR count). The van der Waals surface area contributed by atoms with Crippen LogP contribution >= 0.6 is 0 Å². The van der Waals surface area contributed by atoms with Gasteiger partial charge < -0.3 is 0 Å². The molecule has 2 unspecified atom stereocenters. The van der Waals surface area contributed by atoms with Crippen molar-refractivity contribution < 1.29 is 4.79 Å². The first-order chi connectivity index (χ1) is 8.15. The number of ketones is 1. The van der Waals surface area contributed by atoms with Crippen molar-refractivity contribution in [3.8, 4) is 0 Å². The molecule has 17 heavy (non-hydrogen) atoms. The highest BCUT2D eigenvalue weighted by molar-refractivity contribution is 5.83. The molecule has 0 saturated heterocycles. The Balaban J connectivity index is 3.43. The fourth-order valence-electron chi connectivity index (χ4n) is 1.63. The number of nitrogens with zero attached hydrogens (tertiary/aromatic N) is 2. The zero-order valence-electron chi connectivity index (χ0n) is 10.7. The van der Waals surface area contributed by atoms with Gasteiger partial charge in [-0.05, 0) is 26.2 Å². The van der Waals surface area contributed by atoms with Gasteiger partial charge in [-0.25, -0.2) is 0 Å². The average Bonchev–Trinajstić information content (AvgIpc) is 2.36. The van der Waals surface area contributed by atoms with Gasteiger partial charge in [0.25, 0.3) is 0 Å². The van der Waals surface area contributed by atoms with E-state index in [1.165, 1.54) is 6.92 Å². The summed E-state index contributed by atoms with van der Waals surface area (Å²) in [5, 5.41) is 5.74. The van der Waals surface area contributed by atoms with Crippen LogP contribution in [0.3, 0.4) is 0 Å². The van der Waals surface area contributed by atoms with Crippen molar-refractivity contribution in [2.75, 3.05) is 0 Å². The van der Waals surface area contributed by atoms with Crippen molar-refractivity contribution in [1.29, 1.82) is 0 Å². The molecule has 0 fully saturated rings. The van der Waals surface area contributed by atoms with Crippen LogP contribution in [0.15, 0.2) is 10.4 Å². The van der Waals surface area contributed by atoms with Crippen LogP contribution in [0.1, 0.15) is 58.8 Å². The molecule has 5 heteroatoms. The van der Waals surface area contributed by atoms with Crippen LogP contribution in [-0.4, -0.2) is 17.9 Å². The SMILES string of the molecule is CCC(CCCCCCC(=O)C(C)N=O)N=O. The smallest absolute Gasteiger partial charge is 0.160 e. The number of unbranched alkanes of at least 4 members (excludes halogenated alkanes) is 3. The number of carbonyl (C=O) groups excluding carboxylic acids is 1. The summed E-state index contributed by atoms with van der Waals surface area (Å²) in [4.78, 5) is 31.7. The Morgan fingerprint density at radius 3 is 2.24 bits per heavy atom. The molecule has 0 amide bonds. The number of hydrogen-bond donors (Lipinski definition) is 0. The maximum absolute atomic E-state index is 11.3. The predicted molar refractivity (Wildman–Crippen MR) is 67.8 cm³/mol. The number of nitroso groups, excluding NO2 is 2. The van der Waals surface area contributed by atoms with Crippen LogP contribution in [-0.2, 0) is 4.79 Å². The van der Waals surface area contributed by atoms with Gasteiger partial charge in [0.1, 0.15) is 6.04 Å². The molecule has 0 aromatic rings. The molecule has 0 aliphatic carbocycles.